The maximum atomic E-state index is 12.9. The first-order valence-corrected chi connectivity index (χ1v) is 8.54. The number of aromatic nitrogens is 1. The smallest absolute Gasteiger partial charge is 0.328 e. The van der Waals surface area contributed by atoms with E-state index in [1.807, 2.05) is 60.7 Å². The maximum Gasteiger partial charge on any atom is 0.328 e. The van der Waals surface area contributed by atoms with Crippen molar-refractivity contribution in [1.82, 2.24) is 10.5 Å². The van der Waals surface area contributed by atoms with Gasteiger partial charge in [-0.1, -0.05) is 65.8 Å². The number of carbonyl (C=O) groups is 2. The summed E-state index contributed by atoms with van der Waals surface area (Å²) in [4.78, 5) is 25.1. The molecule has 138 valence electrons. The number of aryl methyl sites for hydroxylation is 1. The lowest BCUT2D eigenvalue weighted by molar-refractivity contribution is -0.142. The van der Waals surface area contributed by atoms with E-state index >= 15 is 0 Å². The summed E-state index contributed by atoms with van der Waals surface area (Å²) < 4.78 is 10.1. The Hall–Kier alpha value is -3.41. The molecule has 0 aliphatic heterocycles. The first-order chi connectivity index (χ1) is 13.1. The Kier molecular flexibility index (Phi) is 5.66. The van der Waals surface area contributed by atoms with Crippen LogP contribution in [-0.4, -0.2) is 30.2 Å². The van der Waals surface area contributed by atoms with Gasteiger partial charge in [0.25, 0.3) is 5.91 Å². The molecule has 1 heterocycles. The van der Waals surface area contributed by atoms with Crippen LogP contribution < -0.4 is 5.32 Å². The monoisotopic (exact) mass is 364 g/mol. The second-order valence-electron chi connectivity index (χ2n) is 6.07. The summed E-state index contributed by atoms with van der Waals surface area (Å²) in [7, 11) is 1.30. The Morgan fingerprint density at radius 1 is 1.07 bits per heavy atom. The maximum absolute atomic E-state index is 12.9. The van der Waals surface area contributed by atoms with Crippen LogP contribution in [0.3, 0.4) is 0 Å². The summed E-state index contributed by atoms with van der Waals surface area (Å²) in [5.41, 5.74) is 2.42. The number of esters is 1. The van der Waals surface area contributed by atoms with Crippen LogP contribution in [0.15, 0.2) is 65.2 Å². The number of ether oxygens (including phenoxy) is 1. The third-order valence-electron chi connectivity index (χ3n) is 4.21. The number of hydrogen-bond acceptors (Lipinski definition) is 5. The van der Waals surface area contributed by atoms with E-state index in [9.17, 15) is 9.59 Å². The highest BCUT2D eigenvalue weighted by Crippen LogP contribution is 2.25. The van der Waals surface area contributed by atoms with Crippen molar-refractivity contribution in [2.75, 3.05) is 7.11 Å². The van der Waals surface area contributed by atoms with Crippen molar-refractivity contribution in [2.24, 2.45) is 0 Å². The zero-order valence-corrected chi connectivity index (χ0v) is 15.1. The lowest BCUT2D eigenvalue weighted by atomic mass is 10.0. The first-order valence-electron chi connectivity index (χ1n) is 8.54. The number of benzene rings is 2. The largest absolute Gasteiger partial charge is 0.467 e. The van der Waals surface area contributed by atoms with E-state index in [2.05, 4.69) is 10.5 Å². The molecular weight excluding hydrogens is 344 g/mol. The fraction of sp³-hybridized carbons (Fsp3) is 0.190. The van der Waals surface area contributed by atoms with E-state index in [1.165, 1.54) is 7.11 Å². The molecule has 27 heavy (non-hydrogen) atoms. The second-order valence-corrected chi connectivity index (χ2v) is 6.07. The standard InChI is InChI=1S/C21H20N2O4/c1-14-18(19(23-27-14)16-11-7-4-8-12-16)20(24)22-17(21(25)26-2)13-15-9-5-3-6-10-15/h3-12,17H,13H2,1-2H3,(H,22,24)/t17-/m0/s1. The average Bonchev–Trinajstić information content (AvgIpc) is 3.10. The molecule has 1 atom stereocenters. The van der Waals surface area contributed by atoms with Gasteiger partial charge in [0, 0.05) is 12.0 Å². The number of amides is 1. The van der Waals surface area contributed by atoms with Gasteiger partial charge >= 0.3 is 5.97 Å². The minimum absolute atomic E-state index is 0.308. The number of nitrogens with one attached hydrogen (secondary N) is 1. The molecule has 0 saturated carbocycles. The van der Waals surface area contributed by atoms with Crippen LogP contribution in [0.1, 0.15) is 21.7 Å². The number of rotatable bonds is 6. The molecule has 0 aliphatic carbocycles. The normalized spacial score (nSPS) is 11.6. The molecular formula is C21H20N2O4. The molecule has 6 heteroatoms. The van der Waals surface area contributed by atoms with E-state index in [1.54, 1.807) is 6.92 Å². The molecule has 3 aromatic rings. The van der Waals surface area contributed by atoms with E-state index in [-0.39, 0.29) is 0 Å². The molecule has 0 unspecified atom stereocenters. The molecule has 0 spiro atoms. The topological polar surface area (TPSA) is 81.4 Å². The van der Waals surface area contributed by atoms with Crippen molar-refractivity contribution in [2.45, 2.75) is 19.4 Å². The molecule has 0 saturated heterocycles. The van der Waals surface area contributed by atoms with Gasteiger partial charge in [0.15, 0.2) is 0 Å². The number of methoxy groups -OCH3 is 1. The molecule has 0 bridgehead atoms. The number of carbonyl (C=O) groups excluding carboxylic acids is 2. The third-order valence-corrected chi connectivity index (χ3v) is 4.21. The Morgan fingerprint density at radius 3 is 2.33 bits per heavy atom. The van der Waals surface area contributed by atoms with Crippen LogP contribution in [0.5, 0.6) is 0 Å². The van der Waals surface area contributed by atoms with Gasteiger partial charge in [-0.2, -0.15) is 0 Å². The van der Waals surface area contributed by atoms with E-state index in [4.69, 9.17) is 9.26 Å². The SMILES string of the molecule is COC(=O)[C@H](Cc1ccccc1)NC(=O)c1c(-c2ccccc2)noc1C. The van der Waals surface area contributed by atoms with Gasteiger partial charge in [-0.3, -0.25) is 4.79 Å². The Labute approximate surface area is 157 Å². The van der Waals surface area contributed by atoms with Gasteiger partial charge in [-0.05, 0) is 12.5 Å². The molecule has 0 aliphatic rings. The molecule has 0 fully saturated rings. The van der Waals surface area contributed by atoms with E-state index in [0.717, 1.165) is 11.1 Å². The number of nitrogens with zero attached hydrogens (tertiary/aromatic N) is 1. The highest BCUT2D eigenvalue weighted by Gasteiger charge is 2.27. The Bertz CT molecular complexity index is 920. The van der Waals surface area contributed by atoms with Crippen LogP contribution in [0, 0.1) is 6.92 Å². The van der Waals surface area contributed by atoms with Gasteiger partial charge < -0.3 is 14.6 Å². The molecule has 1 amide bonds. The minimum Gasteiger partial charge on any atom is -0.467 e. The van der Waals surface area contributed by atoms with Gasteiger partial charge in [-0.15, -0.1) is 0 Å². The van der Waals surface area contributed by atoms with Gasteiger partial charge in [-0.25, -0.2) is 4.79 Å². The molecule has 1 N–H and O–H groups in total. The summed E-state index contributed by atoms with van der Waals surface area (Å²) in [5, 5.41) is 6.77. The van der Waals surface area contributed by atoms with Gasteiger partial charge in [0.2, 0.25) is 0 Å². The van der Waals surface area contributed by atoms with Crippen molar-refractivity contribution in [3.8, 4) is 11.3 Å². The predicted octanol–water partition coefficient (Wildman–Crippen LogP) is 3.16. The van der Waals surface area contributed by atoms with Gasteiger partial charge in [0.05, 0.1) is 7.11 Å². The number of hydrogen-bond donors (Lipinski definition) is 1. The van der Waals surface area contributed by atoms with Crippen molar-refractivity contribution in [3.63, 3.8) is 0 Å². The Morgan fingerprint density at radius 2 is 1.70 bits per heavy atom. The van der Waals surface area contributed by atoms with Crippen LogP contribution in [0.25, 0.3) is 11.3 Å². The molecule has 3 rings (SSSR count). The van der Waals surface area contributed by atoms with Crippen molar-refractivity contribution in [3.05, 3.63) is 77.6 Å². The van der Waals surface area contributed by atoms with Gasteiger partial charge in [0.1, 0.15) is 23.1 Å². The highest BCUT2D eigenvalue weighted by atomic mass is 16.5. The second kappa shape index (κ2) is 8.31. The van der Waals surface area contributed by atoms with Crippen LogP contribution in [0.4, 0.5) is 0 Å². The lowest BCUT2D eigenvalue weighted by Gasteiger charge is -2.16. The summed E-state index contributed by atoms with van der Waals surface area (Å²) in [6, 6.07) is 17.9. The first kappa shape index (κ1) is 18.4. The van der Waals surface area contributed by atoms with Crippen LogP contribution >= 0.6 is 0 Å². The zero-order chi connectivity index (χ0) is 19.2. The molecule has 6 nitrogen and oxygen atoms in total. The highest BCUT2D eigenvalue weighted by molar-refractivity contribution is 6.02. The van der Waals surface area contributed by atoms with Crippen molar-refractivity contribution >= 4 is 11.9 Å². The summed E-state index contributed by atoms with van der Waals surface area (Å²) >= 11 is 0. The van der Waals surface area contributed by atoms with Crippen molar-refractivity contribution in [1.29, 1.82) is 0 Å². The minimum atomic E-state index is -0.817. The quantitative estimate of drug-likeness (QED) is 0.680. The van der Waals surface area contributed by atoms with Crippen LogP contribution in [-0.2, 0) is 16.0 Å². The summed E-state index contributed by atoms with van der Waals surface area (Å²) in [6.45, 7) is 1.67. The summed E-state index contributed by atoms with van der Waals surface area (Å²) in [5.74, 6) is -0.559. The summed E-state index contributed by atoms with van der Waals surface area (Å²) in [6.07, 6.45) is 0.324. The average molecular weight is 364 g/mol. The van der Waals surface area contributed by atoms with E-state index in [0.29, 0.717) is 23.4 Å². The third kappa shape index (κ3) is 4.23. The van der Waals surface area contributed by atoms with Crippen LogP contribution in [0.2, 0.25) is 0 Å². The molecule has 0 radical (unpaired) electrons. The fourth-order valence-corrected chi connectivity index (χ4v) is 2.85. The zero-order valence-electron chi connectivity index (χ0n) is 15.1. The lowest BCUT2D eigenvalue weighted by Crippen LogP contribution is -2.43. The van der Waals surface area contributed by atoms with E-state index < -0.39 is 17.9 Å². The van der Waals surface area contributed by atoms with Crippen molar-refractivity contribution < 1.29 is 18.8 Å². The fourth-order valence-electron chi connectivity index (χ4n) is 2.85. The predicted molar refractivity (Wildman–Crippen MR) is 100 cm³/mol. The molecule has 2 aromatic carbocycles. The Balaban J connectivity index is 1.86. The molecule has 1 aromatic heterocycles.